The zero-order chi connectivity index (χ0) is 50.0. The zero-order valence-electron chi connectivity index (χ0n) is 45.3. The van der Waals surface area contributed by atoms with Gasteiger partial charge in [-0.25, -0.2) is 0 Å². The van der Waals surface area contributed by atoms with Crippen molar-refractivity contribution in [2.24, 2.45) is 0 Å². The minimum atomic E-state index is -0.788. The lowest BCUT2D eigenvalue weighted by Gasteiger charge is -2.18. The SMILES string of the molecule is CC/C=C\C/C=C\C/C=C\C/C=C\C/C=C\C/C=C\CCCCCCC(=O)OCC(COC(=O)CCCCCCCCCCCC)OC(=O)CCCCCCCCC/C=C\CCCCCCCCC. The summed E-state index contributed by atoms with van der Waals surface area (Å²) in [7, 11) is 0. The molecular weight excluding hydrogens is 853 g/mol. The van der Waals surface area contributed by atoms with Gasteiger partial charge < -0.3 is 14.2 Å². The third-order valence-corrected chi connectivity index (χ3v) is 12.4. The molecule has 0 saturated carbocycles. The Labute approximate surface area is 426 Å². The van der Waals surface area contributed by atoms with Crippen LogP contribution >= 0.6 is 0 Å². The Bertz CT molecular complexity index is 1330. The number of carbonyl (C=O) groups excluding carboxylic acids is 3. The molecule has 0 aliphatic heterocycles. The van der Waals surface area contributed by atoms with Crippen molar-refractivity contribution >= 4 is 17.9 Å². The summed E-state index contributed by atoms with van der Waals surface area (Å²) in [6, 6.07) is 0. The van der Waals surface area contributed by atoms with Gasteiger partial charge in [-0.1, -0.05) is 247 Å². The molecule has 1 unspecified atom stereocenters. The first kappa shape index (κ1) is 65.6. The molecule has 0 aromatic heterocycles. The molecule has 0 saturated heterocycles. The van der Waals surface area contributed by atoms with Crippen LogP contribution in [0.25, 0.3) is 0 Å². The predicted molar refractivity (Wildman–Crippen MR) is 297 cm³/mol. The van der Waals surface area contributed by atoms with Crippen molar-refractivity contribution < 1.29 is 28.6 Å². The highest BCUT2D eigenvalue weighted by Gasteiger charge is 2.19. The topological polar surface area (TPSA) is 78.9 Å². The maximum atomic E-state index is 12.8. The van der Waals surface area contributed by atoms with E-state index in [9.17, 15) is 14.4 Å². The first-order valence-electron chi connectivity index (χ1n) is 29.1. The molecule has 0 radical (unpaired) electrons. The molecule has 396 valence electrons. The van der Waals surface area contributed by atoms with E-state index in [-0.39, 0.29) is 31.1 Å². The summed E-state index contributed by atoms with van der Waals surface area (Å²) in [6.45, 7) is 6.50. The molecule has 0 heterocycles. The summed E-state index contributed by atoms with van der Waals surface area (Å²) >= 11 is 0. The highest BCUT2D eigenvalue weighted by Crippen LogP contribution is 2.15. The Kier molecular flexibility index (Phi) is 54.3. The van der Waals surface area contributed by atoms with E-state index in [1.165, 1.54) is 128 Å². The Morgan fingerprint density at radius 1 is 0.304 bits per heavy atom. The molecule has 0 spiro atoms. The van der Waals surface area contributed by atoms with Crippen molar-refractivity contribution in [3.05, 3.63) is 85.1 Å². The fourth-order valence-electron chi connectivity index (χ4n) is 8.03. The lowest BCUT2D eigenvalue weighted by atomic mass is 10.1. The van der Waals surface area contributed by atoms with E-state index in [2.05, 4.69) is 106 Å². The number of ether oxygens (including phenoxy) is 3. The monoisotopic (exact) mass is 961 g/mol. The predicted octanol–water partition coefficient (Wildman–Crippen LogP) is 19.5. The molecule has 0 aromatic rings. The Balaban J connectivity index is 4.36. The highest BCUT2D eigenvalue weighted by molar-refractivity contribution is 5.71. The van der Waals surface area contributed by atoms with Crippen LogP contribution < -0.4 is 0 Å². The maximum absolute atomic E-state index is 12.8. The summed E-state index contributed by atoms with van der Waals surface area (Å²) in [5.74, 6) is -0.910. The molecule has 0 N–H and O–H groups in total. The van der Waals surface area contributed by atoms with Gasteiger partial charge in [-0.15, -0.1) is 0 Å². The number of hydrogen-bond donors (Lipinski definition) is 0. The van der Waals surface area contributed by atoms with E-state index in [4.69, 9.17) is 14.2 Å². The van der Waals surface area contributed by atoms with Crippen molar-refractivity contribution in [1.82, 2.24) is 0 Å². The normalized spacial score (nSPS) is 12.7. The van der Waals surface area contributed by atoms with Gasteiger partial charge in [-0.05, 0) is 96.3 Å². The van der Waals surface area contributed by atoms with E-state index in [1.54, 1.807) is 0 Å². The zero-order valence-corrected chi connectivity index (χ0v) is 45.3. The summed E-state index contributed by atoms with van der Waals surface area (Å²) in [4.78, 5) is 38.1. The van der Waals surface area contributed by atoms with Crippen molar-refractivity contribution in [3.8, 4) is 0 Å². The molecule has 6 heteroatoms. The second-order valence-corrected chi connectivity index (χ2v) is 19.2. The van der Waals surface area contributed by atoms with Gasteiger partial charge in [-0.3, -0.25) is 14.4 Å². The highest BCUT2D eigenvalue weighted by atomic mass is 16.6. The van der Waals surface area contributed by atoms with Gasteiger partial charge in [0.05, 0.1) is 0 Å². The van der Waals surface area contributed by atoms with Crippen LogP contribution in [0.15, 0.2) is 85.1 Å². The molecule has 0 aliphatic rings. The van der Waals surface area contributed by atoms with E-state index >= 15 is 0 Å². The van der Waals surface area contributed by atoms with Crippen LogP contribution in [0.4, 0.5) is 0 Å². The van der Waals surface area contributed by atoms with E-state index in [1.807, 2.05) is 0 Å². The number of unbranched alkanes of at least 4 members (excludes halogenated alkanes) is 27. The van der Waals surface area contributed by atoms with Gasteiger partial charge in [0.25, 0.3) is 0 Å². The van der Waals surface area contributed by atoms with Gasteiger partial charge in [0, 0.05) is 19.3 Å². The number of allylic oxidation sites excluding steroid dienone is 14. The molecule has 0 aromatic carbocycles. The third-order valence-electron chi connectivity index (χ3n) is 12.4. The van der Waals surface area contributed by atoms with Crippen LogP contribution in [-0.4, -0.2) is 37.2 Å². The van der Waals surface area contributed by atoms with E-state index in [0.717, 1.165) is 109 Å². The lowest BCUT2D eigenvalue weighted by Crippen LogP contribution is -2.30. The van der Waals surface area contributed by atoms with Crippen LogP contribution in [0.2, 0.25) is 0 Å². The van der Waals surface area contributed by atoms with Crippen molar-refractivity contribution in [2.75, 3.05) is 13.2 Å². The van der Waals surface area contributed by atoms with Crippen LogP contribution in [0.3, 0.4) is 0 Å². The van der Waals surface area contributed by atoms with Crippen molar-refractivity contribution in [3.63, 3.8) is 0 Å². The molecule has 1 atom stereocenters. The summed E-state index contributed by atoms with van der Waals surface area (Å²) in [5, 5.41) is 0. The smallest absolute Gasteiger partial charge is 0.306 e. The van der Waals surface area contributed by atoms with E-state index in [0.29, 0.717) is 19.3 Å². The van der Waals surface area contributed by atoms with Gasteiger partial charge >= 0.3 is 17.9 Å². The fourth-order valence-corrected chi connectivity index (χ4v) is 8.03. The quantitative estimate of drug-likeness (QED) is 0.0262. The van der Waals surface area contributed by atoms with Gasteiger partial charge in [-0.2, -0.15) is 0 Å². The first-order chi connectivity index (χ1) is 34.0. The Morgan fingerprint density at radius 2 is 0.565 bits per heavy atom. The molecule has 0 fully saturated rings. The molecule has 69 heavy (non-hydrogen) atoms. The Morgan fingerprint density at radius 3 is 0.899 bits per heavy atom. The minimum absolute atomic E-state index is 0.0848. The van der Waals surface area contributed by atoms with Crippen LogP contribution in [-0.2, 0) is 28.6 Å². The summed E-state index contributed by atoms with van der Waals surface area (Å²) in [6.07, 6.45) is 74.3. The van der Waals surface area contributed by atoms with Crippen LogP contribution in [0.5, 0.6) is 0 Å². The maximum Gasteiger partial charge on any atom is 0.306 e. The molecular formula is C63H108O6. The first-order valence-corrected chi connectivity index (χ1v) is 29.1. The number of carbonyl (C=O) groups is 3. The van der Waals surface area contributed by atoms with Gasteiger partial charge in [0.2, 0.25) is 0 Å². The molecule has 0 rings (SSSR count). The van der Waals surface area contributed by atoms with Crippen LogP contribution in [0, 0.1) is 0 Å². The molecule has 0 bridgehead atoms. The number of rotatable bonds is 52. The molecule has 0 aliphatic carbocycles. The molecule has 0 amide bonds. The number of hydrogen-bond acceptors (Lipinski definition) is 6. The second-order valence-electron chi connectivity index (χ2n) is 19.2. The van der Waals surface area contributed by atoms with E-state index < -0.39 is 6.10 Å². The second kappa shape index (κ2) is 57.2. The molecule has 6 nitrogen and oxygen atoms in total. The average molecular weight is 962 g/mol. The standard InChI is InChI=1S/C63H108O6/c1-4-7-10-13-16-19-22-24-26-28-30-31-32-33-34-36-37-39-41-44-47-50-53-56-62(65)68-59-60(58-67-61(64)55-52-49-46-43-21-18-15-12-9-6-3)69-63(66)57-54-51-48-45-42-40-38-35-29-27-25-23-20-17-14-11-8-5-2/h7,10,16,19,24,26-27,29-31,33-34,37,39,60H,4-6,8-9,11-15,17-18,20-23,25,28,32,35-36,38,40-59H2,1-3H3/b10-7-,19-16-,26-24-,29-27-,31-30-,34-33-,39-37-. The third kappa shape index (κ3) is 55.4. The summed E-state index contributed by atoms with van der Waals surface area (Å²) in [5.41, 5.74) is 0. The number of esters is 3. The Hall–Kier alpha value is -3.41. The van der Waals surface area contributed by atoms with Gasteiger partial charge in [0.15, 0.2) is 6.10 Å². The largest absolute Gasteiger partial charge is 0.462 e. The van der Waals surface area contributed by atoms with Crippen molar-refractivity contribution in [2.45, 2.75) is 284 Å². The average Bonchev–Trinajstić information content (AvgIpc) is 3.35. The van der Waals surface area contributed by atoms with Gasteiger partial charge in [0.1, 0.15) is 13.2 Å². The van der Waals surface area contributed by atoms with Crippen LogP contribution in [0.1, 0.15) is 278 Å². The fraction of sp³-hybridized carbons (Fsp3) is 0.730. The summed E-state index contributed by atoms with van der Waals surface area (Å²) < 4.78 is 16.8. The lowest BCUT2D eigenvalue weighted by molar-refractivity contribution is -0.167. The minimum Gasteiger partial charge on any atom is -0.462 e. The van der Waals surface area contributed by atoms with Crippen molar-refractivity contribution in [1.29, 1.82) is 0 Å².